The first-order valence-corrected chi connectivity index (χ1v) is 11.2. The number of ether oxygens (including phenoxy) is 1. The number of amides is 1. The first-order valence-electron chi connectivity index (χ1n) is 10.8. The third kappa shape index (κ3) is 3.26. The molecule has 0 radical (unpaired) electrons. The molecule has 30 heavy (non-hydrogen) atoms. The Labute approximate surface area is 182 Å². The fourth-order valence-corrected chi connectivity index (χ4v) is 5.42. The average Bonchev–Trinajstić information content (AvgIpc) is 3.42. The number of nitrogens with zero attached hydrogens (tertiary/aromatic N) is 4. The number of anilines is 1. The van der Waals surface area contributed by atoms with Crippen LogP contribution in [0, 0.1) is 0 Å². The standard InChI is InChI=1S/C23H27ClN4O2/c1-16-20-19(14-30-16)25-15-26-21(20)27-10-12-28(13-11-27)22(29)23(8-2-3-9-23)17-4-6-18(24)7-5-17/h4-7,15-16H,2-3,8-14H2,1H3/t16-/m0/s1. The van der Waals surface area contributed by atoms with Crippen molar-refractivity contribution in [2.45, 2.75) is 50.7 Å². The highest BCUT2D eigenvalue weighted by Gasteiger charge is 2.45. The van der Waals surface area contributed by atoms with E-state index in [0.29, 0.717) is 24.7 Å². The number of carbonyl (C=O) groups excluding carboxylic acids is 1. The van der Waals surface area contributed by atoms with E-state index in [2.05, 4.69) is 26.7 Å². The zero-order valence-corrected chi connectivity index (χ0v) is 18.1. The highest BCUT2D eigenvalue weighted by molar-refractivity contribution is 6.30. The highest BCUT2D eigenvalue weighted by atomic mass is 35.5. The van der Waals surface area contributed by atoms with E-state index in [0.717, 1.165) is 61.4 Å². The highest BCUT2D eigenvalue weighted by Crippen LogP contribution is 2.43. The third-order valence-electron chi connectivity index (χ3n) is 6.95. The van der Waals surface area contributed by atoms with Crippen molar-refractivity contribution in [1.29, 1.82) is 0 Å². The number of halogens is 1. The molecule has 0 N–H and O–H groups in total. The Bertz CT molecular complexity index is 935. The first kappa shape index (κ1) is 19.8. The van der Waals surface area contributed by atoms with Crippen LogP contribution in [0.2, 0.25) is 5.02 Å². The summed E-state index contributed by atoms with van der Waals surface area (Å²) in [6.45, 7) is 5.57. The molecule has 3 heterocycles. The number of fused-ring (bicyclic) bond motifs is 1. The lowest BCUT2D eigenvalue weighted by atomic mass is 9.77. The average molecular weight is 427 g/mol. The van der Waals surface area contributed by atoms with Gasteiger partial charge >= 0.3 is 0 Å². The molecule has 1 saturated carbocycles. The fourth-order valence-electron chi connectivity index (χ4n) is 5.29. The van der Waals surface area contributed by atoms with Gasteiger partial charge in [-0.15, -0.1) is 0 Å². The molecule has 5 rings (SSSR count). The van der Waals surface area contributed by atoms with Crippen LogP contribution in [0.15, 0.2) is 30.6 Å². The van der Waals surface area contributed by atoms with Crippen LogP contribution in [-0.2, 0) is 21.6 Å². The van der Waals surface area contributed by atoms with E-state index < -0.39 is 5.41 Å². The molecule has 3 aliphatic rings. The lowest BCUT2D eigenvalue weighted by molar-refractivity contribution is -0.137. The van der Waals surface area contributed by atoms with Gasteiger partial charge in [0.25, 0.3) is 0 Å². The number of carbonyl (C=O) groups is 1. The van der Waals surface area contributed by atoms with E-state index in [-0.39, 0.29) is 12.0 Å². The molecular formula is C23H27ClN4O2. The summed E-state index contributed by atoms with van der Waals surface area (Å²) in [6.07, 6.45) is 5.67. The van der Waals surface area contributed by atoms with Crippen molar-refractivity contribution in [3.8, 4) is 0 Å². The fraction of sp³-hybridized carbons (Fsp3) is 0.522. The second-order valence-electron chi connectivity index (χ2n) is 8.59. The topological polar surface area (TPSA) is 58.6 Å². The summed E-state index contributed by atoms with van der Waals surface area (Å²) in [5.74, 6) is 1.23. The maximum absolute atomic E-state index is 13.7. The predicted octanol–water partition coefficient (Wildman–Crippen LogP) is 3.88. The van der Waals surface area contributed by atoms with E-state index in [1.807, 2.05) is 24.3 Å². The van der Waals surface area contributed by atoms with Crippen LogP contribution in [0.3, 0.4) is 0 Å². The molecule has 2 fully saturated rings. The summed E-state index contributed by atoms with van der Waals surface area (Å²) in [6, 6.07) is 7.88. The molecule has 0 spiro atoms. The van der Waals surface area contributed by atoms with Gasteiger partial charge in [0, 0.05) is 36.8 Å². The number of piperazine rings is 1. The van der Waals surface area contributed by atoms with Gasteiger partial charge in [0.1, 0.15) is 12.1 Å². The van der Waals surface area contributed by atoms with E-state index >= 15 is 0 Å². The van der Waals surface area contributed by atoms with Crippen molar-refractivity contribution in [1.82, 2.24) is 14.9 Å². The minimum absolute atomic E-state index is 0.0162. The Morgan fingerprint density at radius 2 is 1.80 bits per heavy atom. The van der Waals surface area contributed by atoms with Crippen molar-refractivity contribution in [3.05, 3.63) is 52.4 Å². The Balaban J connectivity index is 1.34. The summed E-state index contributed by atoms with van der Waals surface area (Å²) in [4.78, 5) is 27.0. The van der Waals surface area contributed by atoms with Gasteiger partial charge in [0.05, 0.1) is 23.8 Å². The minimum Gasteiger partial charge on any atom is -0.367 e. The number of hydrogen-bond acceptors (Lipinski definition) is 5. The molecule has 7 heteroatoms. The molecule has 1 amide bonds. The van der Waals surface area contributed by atoms with E-state index in [9.17, 15) is 4.79 Å². The van der Waals surface area contributed by atoms with Gasteiger partial charge in [-0.05, 0) is 37.5 Å². The van der Waals surface area contributed by atoms with Crippen molar-refractivity contribution < 1.29 is 9.53 Å². The van der Waals surface area contributed by atoms with Crippen LogP contribution in [0.1, 0.15) is 55.5 Å². The van der Waals surface area contributed by atoms with Gasteiger partial charge < -0.3 is 14.5 Å². The zero-order chi connectivity index (χ0) is 20.7. The quantitative estimate of drug-likeness (QED) is 0.745. The minimum atomic E-state index is -0.398. The lowest BCUT2D eigenvalue weighted by Crippen LogP contribution is -2.54. The summed E-state index contributed by atoms with van der Waals surface area (Å²) in [5, 5.41) is 0.712. The van der Waals surface area contributed by atoms with Crippen LogP contribution in [0.5, 0.6) is 0 Å². The largest absolute Gasteiger partial charge is 0.367 e. The van der Waals surface area contributed by atoms with Gasteiger partial charge in [0.2, 0.25) is 5.91 Å². The second kappa shape index (κ2) is 7.82. The summed E-state index contributed by atoms with van der Waals surface area (Å²) in [7, 11) is 0. The molecule has 2 aliphatic heterocycles. The van der Waals surface area contributed by atoms with Gasteiger partial charge in [0.15, 0.2) is 0 Å². The molecular weight excluding hydrogens is 400 g/mol. The molecule has 1 atom stereocenters. The van der Waals surface area contributed by atoms with Gasteiger partial charge in [-0.2, -0.15) is 0 Å². The Hall–Kier alpha value is -2.18. The smallest absolute Gasteiger partial charge is 0.233 e. The molecule has 1 aromatic heterocycles. The van der Waals surface area contributed by atoms with Crippen molar-refractivity contribution >= 4 is 23.3 Å². The van der Waals surface area contributed by atoms with Gasteiger partial charge in [-0.25, -0.2) is 9.97 Å². The number of benzene rings is 1. The van der Waals surface area contributed by atoms with Crippen molar-refractivity contribution in [2.24, 2.45) is 0 Å². The Morgan fingerprint density at radius 3 is 2.50 bits per heavy atom. The third-order valence-corrected chi connectivity index (χ3v) is 7.20. The van der Waals surface area contributed by atoms with Gasteiger partial charge in [-0.1, -0.05) is 36.6 Å². The van der Waals surface area contributed by atoms with E-state index in [4.69, 9.17) is 16.3 Å². The monoisotopic (exact) mass is 426 g/mol. The van der Waals surface area contributed by atoms with Crippen molar-refractivity contribution in [2.75, 3.05) is 31.1 Å². The lowest BCUT2D eigenvalue weighted by Gasteiger charge is -2.40. The van der Waals surface area contributed by atoms with E-state index in [1.54, 1.807) is 6.33 Å². The molecule has 1 saturated heterocycles. The second-order valence-corrected chi connectivity index (χ2v) is 9.02. The van der Waals surface area contributed by atoms with E-state index in [1.165, 1.54) is 0 Å². The number of rotatable bonds is 3. The summed E-state index contributed by atoms with van der Waals surface area (Å²) >= 11 is 6.10. The molecule has 0 bridgehead atoms. The molecule has 0 unspecified atom stereocenters. The van der Waals surface area contributed by atoms with Gasteiger partial charge in [-0.3, -0.25) is 4.79 Å². The van der Waals surface area contributed by atoms with Crippen LogP contribution < -0.4 is 4.90 Å². The summed E-state index contributed by atoms with van der Waals surface area (Å²) in [5.41, 5.74) is 2.80. The molecule has 158 valence electrons. The molecule has 6 nitrogen and oxygen atoms in total. The Morgan fingerprint density at radius 1 is 1.10 bits per heavy atom. The molecule has 2 aromatic rings. The van der Waals surface area contributed by atoms with Crippen LogP contribution in [-0.4, -0.2) is 47.0 Å². The SMILES string of the molecule is C[C@@H]1OCc2ncnc(N3CCN(C(=O)C4(c5ccc(Cl)cc5)CCCC4)CC3)c21. The summed E-state index contributed by atoms with van der Waals surface area (Å²) < 4.78 is 5.75. The molecule has 1 aliphatic carbocycles. The predicted molar refractivity (Wildman–Crippen MR) is 116 cm³/mol. The number of hydrogen-bond donors (Lipinski definition) is 0. The van der Waals surface area contributed by atoms with Crippen molar-refractivity contribution in [3.63, 3.8) is 0 Å². The molecule has 1 aromatic carbocycles. The first-order chi connectivity index (χ1) is 14.6. The van der Waals surface area contributed by atoms with Crippen LogP contribution >= 0.6 is 11.6 Å². The van der Waals surface area contributed by atoms with Crippen LogP contribution in [0.25, 0.3) is 0 Å². The zero-order valence-electron chi connectivity index (χ0n) is 17.3. The van der Waals surface area contributed by atoms with Crippen LogP contribution in [0.4, 0.5) is 5.82 Å². The maximum Gasteiger partial charge on any atom is 0.233 e. The maximum atomic E-state index is 13.7. The Kier molecular flexibility index (Phi) is 5.15. The normalized spacial score (nSPS) is 22.9. The number of aromatic nitrogens is 2.